The van der Waals surface area contributed by atoms with Crippen LogP contribution in [0, 0.1) is 22.0 Å². The van der Waals surface area contributed by atoms with Crippen LogP contribution in [0.5, 0.6) is 5.88 Å². The number of non-ortho nitro benzene ring substituents is 1. The lowest BCUT2D eigenvalue weighted by Crippen LogP contribution is -2.48. The van der Waals surface area contributed by atoms with Gasteiger partial charge in [-0.2, -0.15) is 9.97 Å². The number of rotatable bonds is 10. The molecule has 2 heterocycles. The number of hydrogen-bond donors (Lipinski definition) is 2. The zero-order chi connectivity index (χ0) is 27.0. The molecule has 3 N–H and O–H groups in total. The molecule has 200 valence electrons. The number of nitrogen functional groups attached to an aromatic ring is 1. The van der Waals surface area contributed by atoms with Crippen molar-refractivity contribution < 1.29 is 19.2 Å². The maximum atomic E-state index is 10.8. The molecular formula is C25H36N6O5Si. The molecule has 0 radical (unpaired) electrons. The number of benzene rings is 1. The summed E-state index contributed by atoms with van der Waals surface area (Å²) in [6, 6.07) is 6.44. The van der Waals surface area contributed by atoms with E-state index in [1.807, 2.05) is 4.57 Å². The summed E-state index contributed by atoms with van der Waals surface area (Å²) in [7, 11) is -1.94. The predicted molar refractivity (Wildman–Crippen MR) is 143 cm³/mol. The highest BCUT2D eigenvalue weighted by Gasteiger charge is 2.45. The van der Waals surface area contributed by atoms with Crippen molar-refractivity contribution in [1.82, 2.24) is 19.5 Å². The minimum absolute atomic E-state index is 0.0490. The predicted octanol–water partition coefficient (Wildman–Crippen LogP) is 4.13. The van der Waals surface area contributed by atoms with Crippen LogP contribution < -0.4 is 10.5 Å². The molecule has 37 heavy (non-hydrogen) atoms. The lowest BCUT2D eigenvalue weighted by molar-refractivity contribution is -0.384. The molecule has 2 aromatic heterocycles. The first-order chi connectivity index (χ1) is 17.4. The number of anilines is 1. The number of ether oxygens (including phenoxy) is 1. The van der Waals surface area contributed by atoms with Crippen molar-refractivity contribution in [1.29, 1.82) is 0 Å². The Hall–Kier alpha value is -3.09. The van der Waals surface area contributed by atoms with Crippen molar-refractivity contribution in [2.24, 2.45) is 11.8 Å². The van der Waals surface area contributed by atoms with Gasteiger partial charge in [-0.3, -0.25) is 10.1 Å². The van der Waals surface area contributed by atoms with Gasteiger partial charge in [0.25, 0.3) is 5.69 Å². The molecule has 0 unspecified atom stereocenters. The third kappa shape index (κ3) is 5.60. The number of aliphatic hydroxyl groups excluding tert-OH is 1. The molecule has 1 aliphatic rings. The second-order valence-corrected chi connectivity index (χ2v) is 16.0. The highest BCUT2D eigenvalue weighted by Crippen LogP contribution is 2.47. The lowest BCUT2D eigenvalue weighted by Gasteiger charge is -2.47. The summed E-state index contributed by atoms with van der Waals surface area (Å²) in [6.45, 7) is 12.1. The number of aromatic nitrogens is 4. The van der Waals surface area contributed by atoms with E-state index in [4.69, 9.17) is 14.9 Å². The zero-order valence-corrected chi connectivity index (χ0v) is 23.0. The molecule has 0 amide bonds. The molecule has 1 saturated carbocycles. The Morgan fingerprint density at radius 1 is 1.24 bits per heavy atom. The van der Waals surface area contributed by atoms with E-state index in [-0.39, 0.29) is 41.2 Å². The van der Waals surface area contributed by atoms with Gasteiger partial charge in [0.15, 0.2) is 19.5 Å². The average Bonchev–Trinajstić information content (AvgIpc) is 3.21. The fourth-order valence-electron chi connectivity index (χ4n) is 4.38. The first-order valence-corrected chi connectivity index (χ1v) is 15.4. The number of hydrogen-bond acceptors (Lipinski definition) is 9. The Morgan fingerprint density at radius 2 is 1.95 bits per heavy atom. The van der Waals surface area contributed by atoms with Gasteiger partial charge in [0.1, 0.15) is 0 Å². The number of fused-ring (bicyclic) bond motifs is 1. The molecule has 4 rings (SSSR count). The molecule has 0 aliphatic heterocycles. The minimum atomic E-state index is -1.94. The van der Waals surface area contributed by atoms with Gasteiger partial charge in [0.05, 0.1) is 17.9 Å². The van der Waals surface area contributed by atoms with E-state index in [2.05, 4.69) is 48.8 Å². The molecule has 0 saturated heterocycles. The van der Waals surface area contributed by atoms with Gasteiger partial charge >= 0.3 is 0 Å². The van der Waals surface area contributed by atoms with Crippen molar-refractivity contribution in [2.75, 3.05) is 25.6 Å². The van der Waals surface area contributed by atoms with Gasteiger partial charge in [0.2, 0.25) is 11.8 Å². The van der Waals surface area contributed by atoms with Crippen molar-refractivity contribution in [2.45, 2.75) is 57.8 Å². The number of imidazole rings is 1. The summed E-state index contributed by atoms with van der Waals surface area (Å²) in [6.07, 6.45) is 3.07. The van der Waals surface area contributed by atoms with Crippen LogP contribution in [0.3, 0.4) is 0 Å². The molecule has 3 atom stereocenters. The van der Waals surface area contributed by atoms with E-state index < -0.39 is 13.2 Å². The first kappa shape index (κ1) is 27.0. The highest BCUT2D eigenvalue weighted by molar-refractivity contribution is 6.74. The molecule has 3 aromatic rings. The van der Waals surface area contributed by atoms with Crippen LogP contribution in [0.25, 0.3) is 11.2 Å². The number of nitrogens with zero attached hydrogens (tertiary/aromatic N) is 5. The second kappa shape index (κ2) is 10.3. The second-order valence-electron chi connectivity index (χ2n) is 11.2. The summed E-state index contributed by atoms with van der Waals surface area (Å²) in [5.41, 5.74) is 8.10. The van der Waals surface area contributed by atoms with Gasteiger partial charge in [-0.15, -0.1) is 0 Å². The minimum Gasteiger partial charge on any atom is -0.476 e. The molecule has 1 aromatic carbocycles. The Labute approximate surface area is 217 Å². The highest BCUT2D eigenvalue weighted by atomic mass is 28.4. The van der Waals surface area contributed by atoms with E-state index in [0.29, 0.717) is 36.7 Å². The SMILES string of the molecule is CC(C)(C)[Si](C)(C)OC[C@@H]1[C@@H](CO)C[C@H]1n1cnc2c(OCCc3ccc([N+](=O)[O-])cc3)nc(N)nc21. The Balaban J connectivity index is 1.49. The normalized spacial score (nSPS) is 20.1. The fourth-order valence-corrected chi connectivity index (χ4v) is 5.42. The Bertz CT molecular complexity index is 1260. The van der Waals surface area contributed by atoms with Gasteiger partial charge in [0, 0.05) is 43.7 Å². The standard InChI is InChI=1S/C25H36N6O5Si/c1-25(2,3)37(4,5)36-14-19-17(13-32)12-20(19)30-15-27-21-22(30)28-24(26)29-23(21)35-11-10-16-6-8-18(9-7-16)31(33)34/h6-9,15,17,19-20,32H,10-14H2,1-5H3,(H2,26,28,29)/t17-,19-,20-/m1/s1. The zero-order valence-electron chi connectivity index (χ0n) is 22.0. The Morgan fingerprint density at radius 3 is 2.57 bits per heavy atom. The summed E-state index contributed by atoms with van der Waals surface area (Å²) in [4.78, 5) is 23.7. The van der Waals surface area contributed by atoms with E-state index in [0.717, 1.165) is 12.0 Å². The third-order valence-electron chi connectivity index (χ3n) is 7.86. The van der Waals surface area contributed by atoms with Crippen LogP contribution in [0.4, 0.5) is 11.6 Å². The summed E-state index contributed by atoms with van der Waals surface area (Å²) >= 11 is 0. The summed E-state index contributed by atoms with van der Waals surface area (Å²) < 4.78 is 14.4. The van der Waals surface area contributed by atoms with E-state index >= 15 is 0 Å². The van der Waals surface area contributed by atoms with Crippen LogP contribution in [0.1, 0.15) is 38.8 Å². The van der Waals surface area contributed by atoms with Gasteiger partial charge in [-0.1, -0.05) is 32.9 Å². The number of aliphatic hydroxyl groups is 1. The van der Waals surface area contributed by atoms with E-state index in [9.17, 15) is 15.2 Å². The van der Waals surface area contributed by atoms with Crippen LogP contribution in [-0.4, -0.2) is 57.7 Å². The maximum absolute atomic E-state index is 10.8. The van der Waals surface area contributed by atoms with Crippen LogP contribution in [0.2, 0.25) is 18.1 Å². The first-order valence-electron chi connectivity index (χ1n) is 12.5. The molecule has 11 nitrogen and oxygen atoms in total. The quantitative estimate of drug-likeness (QED) is 0.225. The van der Waals surface area contributed by atoms with Crippen LogP contribution >= 0.6 is 0 Å². The smallest absolute Gasteiger partial charge is 0.269 e. The molecular weight excluding hydrogens is 492 g/mol. The maximum Gasteiger partial charge on any atom is 0.269 e. The summed E-state index contributed by atoms with van der Waals surface area (Å²) in [5, 5.41) is 20.9. The molecule has 0 spiro atoms. The van der Waals surface area contributed by atoms with Crippen molar-refractivity contribution in [3.05, 3.63) is 46.3 Å². The van der Waals surface area contributed by atoms with Crippen molar-refractivity contribution in [3.8, 4) is 5.88 Å². The van der Waals surface area contributed by atoms with Gasteiger partial charge in [-0.25, -0.2) is 4.98 Å². The topological polar surface area (TPSA) is 151 Å². The lowest BCUT2D eigenvalue weighted by atomic mass is 9.70. The average molecular weight is 529 g/mol. The molecule has 1 fully saturated rings. The molecule has 1 aliphatic carbocycles. The molecule has 12 heteroatoms. The van der Waals surface area contributed by atoms with Crippen LogP contribution in [-0.2, 0) is 10.8 Å². The van der Waals surface area contributed by atoms with Crippen LogP contribution in [0.15, 0.2) is 30.6 Å². The monoisotopic (exact) mass is 528 g/mol. The summed E-state index contributed by atoms with van der Waals surface area (Å²) in [5.74, 6) is 0.685. The van der Waals surface area contributed by atoms with Gasteiger partial charge < -0.3 is 24.6 Å². The number of nitrogens with two attached hydrogens (primary N) is 1. The van der Waals surface area contributed by atoms with E-state index in [1.54, 1.807) is 18.5 Å². The van der Waals surface area contributed by atoms with Crippen molar-refractivity contribution >= 4 is 31.1 Å². The number of nitro benzene ring substituents is 1. The van der Waals surface area contributed by atoms with Gasteiger partial charge in [-0.05, 0) is 36.0 Å². The number of nitro groups is 1. The largest absolute Gasteiger partial charge is 0.476 e. The van der Waals surface area contributed by atoms with E-state index in [1.165, 1.54) is 12.1 Å². The molecule has 0 bridgehead atoms. The van der Waals surface area contributed by atoms with Crippen molar-refractivity contribution in [3.63, 3.8) is 0 Å². The fraction of sp³-hybridized carbons (Fsp3) is 0.560. The Kier molecular flexibility index (Phi) is 7.54. The third-order valence-corrected chi connectivity index (χ3v) is 12.4.